The van der Waals surface area contributed by atoms with Gasteiger partial charge in [0.1, 0.15) is 0 Å². The van der Waals surface area contributed by atoms with Crippen molar-refractivity contribution in [3.63, 3.8) is 0 Å². The number of unbranched alkanes of at least 4 members (excludes halogenated alkanes) is 1. The van der Waals surface area contributed by atoms with E-state index < -0.39 is 0 Å². The lowest BCUT2D eigenvalue weighted by Gasteiger charge is -2.22. The van der Waals surface area contributed by atoms with Gasteiger partial charge in [0.15, 0.2) is 0 Å². The number of hydrogen-bond acceptors (Lipinski definition) is 3. The third-order valence-corrected chi connectivity index (χ3v) is 4.42. The van der Waals surface area contributed by atoms with E-state index in [0.717, 1.165) is 60.9 Å². The van der Waals surface area contributed by atoms with Crippen molar-refractivity contribution >= 4 is 16.9 Å². The molecule has 1 aromatic heterocycles. The van der Waals surface area contributed by atoms with Gasteiger partial charge in [-0.2, -0.15) is 0 Å². The van der Waals surface area contributed by atoms with Crippen LogP contribution < -0.4 is 5.32 Å². The topological polar surface area (TPSA) is 54.1 Å². The summed E-state index contributed by atoms with van der Waals surface area (Å²) in [6.45, 7) is 4.61. The van der Waals surface area contributed by atoms with Crippen LogP contribution in [-0.4, -0.2) is 30.6 Å². The van der Waals surface area contributed by atoms with Crippen LogP contribution in [0.5, 0.6) is 0 Å². The summed E-state index contributed by atoms with van der Waals surface area (Å²) >= 11 is 0. The molecule has 4 heteroatoms. The lowest BCUT2D eigenvalue weighted by atomic mass is 9.91. The van der Waals surface area contributed by atoms with Crippen LogP contribution in [0, 0.1) is 0 Å². The maximum Gasteiger partial charge on any atom is 0.340 e. The maximum atomic E-state index is 12.6. The van der Waals surface area contributed by atoms with Gasteiger partial charge in [-0.1, -0.05) is 31.5 Å². The molecule has 4 nitrogen and oxygen atoms in total. The first kappa shape index (κ1) is 15.1. The van der Waals surface area contributed by atoms with E-state index in [1.165, 1.54) is 0 Å². The largest absolute Gasteiger partial charge is 0.462 e. The molecule has 1 aromatic carbocycles. The molecule has 2 aromatic rings. The fourth-order valence-corrected chi connectivity index (χ4v) is 3.18. The van der Waals surface area contributed by atoms with Crippen LogP contribution in [0.3, 0.4) is 0 Å². The second kappa shape index (κ2) is 6.97. The van der Waals surface area contributed by atoms with Crippen LogP contribution in [-0.2, 0) is 4.74 Å². The number of aromatic amines is 1. The predicted molar refractivity (Wildman–Crippen MR) is 88.3 cm³/mol. The molecular weight excluding hydrogens is 276 g/mol. The molecule has 0 spiro atoms. The van der Waals surface area contributed by atoms with Gasteiger partial charge in [-0.15, -0.1) is 0 Å². The third-order valence-electron chi connectivity index (χ3n) is 4.42. The summed E-state index contributed by atoms with van der Waals surface area (Å²) in [5, 5.41) is 4.36. The number of rotatable bonds is 5. The monoisotopic (exact) mass is 300 g/mol. The predicted octanol–water partition coefficient (Wildman–Crippen LogP) is 3.59. The molecule has 3 rings (SSSR count). The minimum absolute atomic E-state index is 0.181. The SMILES string of the molecule is CCCCOC(=O)c1c(C2CCNCC2)[nH]c2ccccc12. The highest BCUT2D eigenvalue weighted by Crippen LogP contribution is 2.33. The average molecular weight is 300 g/mol. The molecule has 2 heterocycles. The van der Waals surface area contributed by atoms with E-state index in [1.807, 2.05) is 24.3 Å². The Labute approximate surface area is 131 Å². The van der Waals surface area contributed by atoms with E-state index in [0.29, 0.717) is 12.5 Å². The van der Waals surface area contributed by atoms with Crippen molar-refractivity contribution in [2.75, 3.05) is 19.7 Å². The van der Waals surface area contributed by atoms with Gasteiger partial charge >= 0.3 is 5.97 Å². The van der Waals surface area contributed by atoms with E-state index >= 15 is 0 Å². The van der Waals surface area contributed by atoms with Crippen molar-refractivity contribution in [2.24, 2.45) is 0 Å². The van der Waals surface area contributed by atoms with E-state index in [2.05, 4.69) is 17.2 Å². The van der Waals surface area contributed by atoms with Crippen molar-refractivity contribution in [3.8, 4) is 0 Å². The molecule has 0 amide bonds. The molecule has 1 fully saturated rings. The molecule has 0 aliphatic carbocycles. The normalized spacial score (nSPS) is 16.0. The summed E-state index contributed by atoms with van der Waals surface area (Å²) in [6, 6.07) is 8.01. The minimum Gasteiger partial charge on any atom is -0.462 e. The quantitative estimate of drug-likeness (QED) is 0.655. The van der Waals surface area contributed by atoms with Crippen LogP contribution in [0.2, 0.25) is 0 Å². The number of aromatic nitrogens is 1. The molecule has 2 N–H and O–H groups in total. The molecule has 118 valence electrons. The van der Waals surface area contributed by atoms with E-state index in [4.69, 9.17) is 4.74 Å². The number of H-pyrrole nitrogens is 1. The zero-order chi connectivity index (χ0) is 15.4. The second-order valence-electron chi connectivity index (χ2n) is 5.97. The highest BCUT2D eigenvalue weighted by molar-refractivity contribution is 6.05. The van der Waals surface area contributed by atoms with Crippen LogP contribution in [0.25, 0.3) is 10.9 Å². The number of carbonyl (C=O) groups excluding carboxylic acids is 1. The summed E-state index contributed by atoms with van der Waals surface area (Å²) in [6.07, 6.45) is 4.06. The number of ether oxygens (including phenoxy) is 1. The van der Waals surface area contributed by atoms with E-state index in [-0.39, 0.29) is 5.97 Å². The standard InChI is InChI=1S/C18H24N2O2/c1-2-3-12-22-18(21)16-14-6-4-5-7-15(14)20-17(16)13-8-10-19-11-9-13/h4-7,13,19-20H,2-3,8-12H2,1H3. The molecule has 22 heavy (non-hydrogen) atoms. The first-order valence-corrected chi connectivity index (χ1v) is 8.29. The fourth-order valence-electron chi connectivity index (χ4n) is 3.18. The number of esters is 1. The van der Waals surface area contributed by atoms with Crippen LogP contribution in [0.1, 0.15) is 54.6 Å². The van der Waals surface area contributed by atoms with Gasteiger partial charge in [-0.25, -0.2) is 4.79 Å². The smallest absolute Gasteiger partial charge is 0.340 e. The minimum atomic E-state index is -0.181. The molecule has 0 saturated carbocycles. The summed E-state index contributed by atoms with van der Waals surface area (Å²) < 4.78 is 5.49. The number of para-hydroxylation sites is 1. The zero-order valence-corrected chi connectivity index (χ0v) is 13.2. The zero-order valence-electron chi connectivity index (χ0n) is 13.2. The van der Waals surface area contributed by atoms with Gasteiger partial charge in [0.05, 0.1) is 12.2 Å². The van der Waals surface area contributed by atoms with Crippen LogP contribution in [0.4, 0.5) is 0 Å². The summed E-state index contributed by atoms with van der Waals surface area (Å²) in [4.78, 5) is 16.1. The number of fused-ring (bicyclic) bond motifs is 1. The number of benzene rings is 1. The summed E-state index contributed by atoms with van der Waals surface area (Å²) in [5.74, 6) is 0.224. The maximum absolute atomic E-state index is 12.6. The number of hydrogen-bond donors (Lipinski definition) is 2. The van der Waals surface area contributed by atoms with Gasteiger partial charge in [0.25, 0.3) is 0 Å². The molecule has 1 saturated heterocycles. The Hall–Kier alpha value is -1.81. The van der Waals surface area contributed by atoms with Crippen molar-refractivity contribution < 1.29 is 9.53 Å². The van der Waals surface area contributed by atoms with Gasteiger partial charge in [0.2, 0.25) is 0 Å². The van der Waals surface area contributed by atoms with Gasteiger partial charge in [-0.3, -0.25) is 0 Å². The van der Waals surface area contributed by atoms with Crippen molar-refractivity contribution in [2.45, 2.75) is 38.5 Å². The second-order valence-corrected chi connectivity index (χ2v) is 5.97. The Bertz CT molecular complexity index is 642. The molecule has 0 unspecified atom stereocenters. The Balaban J connectivity index is 1.95. The van der Waals surface area contributed by atoms with Crippen molar-refractivity contribution in [3.05, 3.63) is 35.5 Å². The molecule has 1 aliphatic rings. The lowest BCUT2D eigenvalue weighted by Crippen LogP contribution is -2.27. The molecule has 1 aliphatic heterocycles. The number of carbonyl (C=O) groups is 1. The van der Waals surface area contributed by atoms with Gasteiger partial charge in [-0.05, 0) is 38.4 Å². The average Bonchev–Trinajstić information content (AvgIpc) is 2.95. The van der Waals surface area contributed by atoms with Gasteiger partial charge in [0, 0.05) is 22.5 Å². The molecule has 0 atom stereocenters. The summed E-state index contributed by atoms with van der Waals surface area (Å²) in [5.41, 5.74) is 2.83. The van der Waals surface area contributed by atoms with E-state index in [1.54, 1.807) is 0 Å². The highest BCUT2D eigenvalue weighted by Gasteiger charge is 2.26. The lowest BCUT2D eigenvalue weighted by molar-refractivity contribution is 0.0500. The fraction of sp³-hybridized carbons (Fsp3) is 0.500. The van der Waals surface area contributed by atoms with E-state index in [9.17, 15) is 4.79 Å². The Morgan fingerprint density at radius 2 is 2.05 bits per heavy atom. The highest BCUT2D eigenvalue weighted by atomic mass is 16.5. The molecule has 0 bridgehead atoms. The Morgan fingerprint density at radius 3 is 2.82 bits per heavy atom. The van der Waals surface area contributed by atoms with Crippen LogP contribution >= 0.6 is 0 Å². The third kappa shape index (κ3) is 3.02. The Kier molecular flexibility index (Phi) is 4.78. The first-order chi connectivity index (χ1) is 10.8. The molecular formula is C18H24N2O2. The van der Waals surface area contributed by atoms with Crippen molar-refractivity contribution in [1.82, 2.24) is 10.3 Å². The van der Waals surface area contributed by atoms with Crippen LogP contribution in [0.15, 0.2) is 24.3 Å². The van der Waals surface area contributed by atoms with Crippen molar-refractivity contribution in [1.29, 1.82) is 0 Å². The summed E-state index contributed by atoms with van der Waals surface area (Å²) in [7, 11) is 0. The first-order valence-electron chi connectivity index (χ1n) is 8.29. The number of nitrogens with one attached hydrogen (secondary N) is 2. The Morgan fingerprint density at radius 1 is 1.27 bits per heavy atom. The van der Waals surface area contributed by atoms with Gasteiger partial charge < -0.3 is 15.0 Å². The molecule has 0 radical (unpaired) electrons. The number of piperidine rings is 1.